The van der Waals surface area contributed by atoms with Gasteiger partial charge in [-0.15, -0.1) is 0 Å². The molecule has 2 rings (SSSR count). The minimum Gasteiger partial charge on any atom is -0.377 e. The van der Waals surface area contributed by atoms with E-state index in [1.807, 2.05) is 6.92 Å². The van der Waals surface area contributed by atoms with Gasteiger partial charge in [-0.2, -0.15) is 0 Å². The summed E-state index contributed by atoms with van der Waals surface area (Å²) in [7, 11) is 0. The summed E-state index contributed by atoms with van der Waals surface area (Å²) in [5, 5.41) is 17.2. The summed E-state index contributed by atoms with van der Waals surface area (Å²) in [6.45, 7) is 4.79. The lowest BCUT2D eigenvalue weighted by molar-refractivity contribution is -0.384. The highest BCUT2D eigenvalue weighted by Crippen LogP contribution is 2.25. The lowest BCUT2D eigenvalue weighted by atomic mass is 10.2. The number of nitrogens with zero attached hydrogens (tertiary/aromatic N) is 1. The van der Waals surface area contributed by atoms with Gasteiger partial charge in [0.2, 0.25) is 0 Å². The SMILES string of the molecule is Cc1ccc([N+](=O)[O-])c(NCC2CNCCO2)c1. The van der Waals surface area contributed by atoms with Gasteiger partial charge in [-0.1, -0.05) is 6.07 Å². The van der Waals surface area contributed by atoms with Crippen LogP contribution in [0.25, 0.3) is 0 Å². The van der Waals surface area contributed by atoms with E-state index in [-0.39, 0.29) is 16.7 Å². The van der Waals surface area contributed by atoms with Crippen molar-refractivity contribution in [1.82, 2.24) is 5.32 Å². The maximum absolute atomic E-state index is 10.9. The van der Waals surface area contributed by atoms with Gasteiger partial charge in [0, 0.05) is 25.7 Å². The van der Waals surface area contributed by atoms with Crippen LogP contribution >= 0.6 is 0 Å². The third-order valence-corrected chi connectivity index (χ3v) is 2.87. The Balaban J connectivity index is 2.03. The van der Waals surface area contributed by atoms with Crippen LogP contribution in [0, 0.1) is 17.0 Å². The number of morpholine rings is 1. The molecule has 1 aliphatic rings. The largest absolute Gasteiger partial charge is 0.377 e. The molecule has 18 heavy (non-hydrogen) atoms. The highest BCUT2D eigenvalue weighted by atomic mass is 16.6. The van der Waals surface area contributed by atoms with Crippen molar-refractivity contribution in [1.29, 1.82) is 0 Å². The minimum absolute atomic E-state index is 0.0545. The molecule has 0 spiro atoms. The van der Waals surface area contributed by atoms with E-state index in [4.69, 9.17) is 4.74 Å². The second-order valence-corrected chi connectivity index (χ2v) is 4.36. The summed E-state index contributed by atoms with van der Waals surface area (Å²) in [4.78, 5) is 10.5. The first kappa shape index (κ1) is 12.8. The maximum Gasteiger partial charge on any atom is 0.292 e. The number of nitrogens with one attached hydrogen (secondary N) is 2. The Hall–Kier alpha value is -1.66. The van der Waals surface area contributed by atoms with Gasteiger partial charge < -0.3 is 15.4 Å². The van der Waals surface area contributed by atoms with Gasteiger partial charge in [0.15, 0.2) is 0 Å². The number of ether oxygens (including phenoxy) is 1. The highest BCUT2D eigenvalue weighted by Gasteiger charge is 2.17. The van der Waals surface area contributed by atoms with Gasteiger partial charge in [0.05, 0.1) is 17.6 Å². The molecule has 0 saturated carbocycles. The molecule has 1 fully saturated rings. The van der Waals surface area contributed by atoms with Crippen molar-refractivity contribution < 1.29 is 9.66 Å². The maximum atomic E-state index is 10.9. The van der Waals surface area contributed by atoms with Gasteiger partial charge in [0.1, 0.15) is 5.69 Å². The summed E-state index contributed by atoms with van der Waals surface area (Å²) in [6.07, 6.45) is 0.0545. The van der Waals surface area contributed by atoms with E-state index < -0.39 is 0 Å². The number of hydrogen-bond donors (Lipinski definition) is 2. The molecule has 1 aromatic carbocycles. The first-order chi connectivity index (χ1) is 8.66. The van der Waals surface area contributed by atoms with Crippen molar-refractivity contribution >= 4 is 11.4 Å². The van der Waals surface area contributed by atoms with Crippen molar-refractivity contribution in [2.45, 2.75) is 13.0 Å². The fourth-order valence-corrected chi connectivity index (χ4v) is 1.93. The number of anilines is 1. The molecular weight excluding hydrogens is 234 g/mol. The first-order valence-electron chi connectivity index (χ1n) is 5.98. The Labute approximate surface area is 105 Å². The average molecular weight is 251 g/mol. The van der Waals surface area contributed by atoms with Crippen molar-refractivity contribution in [2.75, 3.05) is 31.6 Å². The van der Waals surface area contributed by atoms with Gasteiger partial charge in [0.25, 0.3) is 5.69 Å². The zero-order valence-electron chi connectivity index (χ0n) is 10.3. The molecule has 0 aromatic heterocycles. The number of hydrogen-bond acceptors (Lipinski definition) is 5. The Kier molecular flexibility index (Phi) is 4.11. The molecule has 1 atom stereocenters. The monoisotopic (exact) mass is 251 g/mol. The van der Waals surface area contributed by atoms with Crippen LogP contribution in [0.15, 0.2) is 18.2 Å². The molecular formula is C12H17N3O3. The van der Waals surface area contributed by atoms with Crippen molar-refractivity contribution in [3.8, 4) is 0 Å². The van der Waals surface area contributed by atoms with Gasteiger partial charge >= 0.3 is 0 Å². The fraction of sp³-hybridized carbons (Fsp3) is 0.500. The number of nitro benzene ring substituents is 1. The minimum atomic E-state index is -0.373. The van der Waals surface area contributed by atoms with E-state index in [0.717, 1.165) is 18.7 Å². The summed E-state index contributed by atoms with van der Waals surface area (Å²) >= 11 is 0. The fourth-order valence-electron chi connectivity index (χ4n) is 1.93. The van der Waals surface area contributed by atoms with Crippen LogP contribution in [0.4, 0.5) is 11.4 Å². The third-order valence-electron chi connectivity index (χ3n) is 2.87. The van der Waals surface area contributed by atoms with E-state index in [1.165, 1.54) is 6.07 Å². The molecule has 1 heterocycles. The quantitative estimate of drug-likeness (QED) is 0.623. The van der Waals surface area contributed by atoms with E-state index in [1.54, 1.807) is 12.1 Å². The van der Waals surface area contributed by atoms with Crippen LogP contribution in [0.3, 0.4) is 0 Å². The molecule has 98 valence electrons. The van der Waals surface area contributed by atoms with Crippen molar-refractivity contribution in [3.63, 3.8) is 0 Å². The topological polar surface area (TPSA) is 76.4 Å². The van der Waals surface area contributed by atoms with Crippen molar-refractivity contribution in [2.24, 2.45) is 0 Å². The van der Waals surface area contributed by atoms with E-state index in [9.17, 15) is 10.1 Å². The Morgan fingerprint density at radius 2 is 2.44 bits per heavy atom. The third kappa shape index (κ3) is 3.18. The molecule has 0 radical (unpaired) electrons. The van der Waals surface area contributed by atoms with Gasteiger partial charge in [-0.05, 0) is 18.6 Å². The average Bonchev–Trinajstić information content (AvgIpc) is 2.37. The summed E-state index contributed by atoms with van der Waals surface area (Å²) < 4.78 is 5.54. The van der Waals surface area contributed by atoms with Crippen LogP contribution in [-0.4, -0.2) is 37.3 Å². The molecule has 1 aromatic rings. The van der Waals surface area contributed by atoms with Crippen LogP contribution in [0.5, 0.6) is 0 Å². The predicted octanol–water partition coefficient (Wildman–Crippen LogP) is 1.30. The van der Waals surface area contributed by atoms with E-state index >= 15 is 0 Å². The number of benzene rings is 1. The standard InChI is InChI=1S/C12H17N3O3/c1-9-2-3-12(15(16)17)11(6-9)14-8-10-7-13-4-5-18-10/h2-3,6,10,13-14H,4-5,7-8H2,1H3. The van der Waals surface area contributed by atoms with Crippen LogP contribution < -0.4 is 10.6 Å². The summed E-state index contributed by atoms with van der Waals surface area (Å²) in [5.41, 5.74) is 1.64. The Morgan fingerprint density at radius 3 is 3.11 bits per heavy atom. The second-order valence-electron chi connectivity index (χ2n) is 4.36. The molecule has 6 nitrogen and oxygen atoms in total. The number of rotatable bonds is 4. The smallest absolute Gasteiger partial charge is 0.292 e. The highest BCUT2D eigenvalue weighted by molar-refractivity contribution is 5.62. The molecule has 1 aliphatic heterocycles. The molecule has 0 bridgehead atoms. The molecule has 1 saturated heterocycles. The Morgan fingerprint density at radius 1 is 1.61 bits per heavy atom. The van der Waals surface area contributed by atoms with Crippen LogP contribution in [-0.2, 0) is 4.74 Å². The van der Waals surface area contributed by atoms with Crippen molar-refractivity contribution in [3.05, 3.63) is 33.9 Å². The second kappa shape index (κ2) is 5.79. The van der Waals surface area contributed by atoms with Gasteiger partial charge in [-0.3, -0.25) is 10.1 Å². The summed E-state index contributed by atoms with van der Waals surface area (Å²) in [6, 6.07) is 5.05. The predicted molar refractivity (Wildman–Crippen MR) is 68.9 cm³/mol. The van der Waals surface area contributed by atoms with E-state index in [2.05, 4.69) is 10.6 Å². The lowest BCUT2D eigenvalue weighted by Gasteiger charge is -2.24. The van der Waals surface area contributed by atoms with Crippen LogP contribution in [0.1, 0.15) is 5.56 Å². The zero-order valence-corrected chi connectivity index (χ0v) is 10.3. The van der Waals surface area contributed by atoms with E-state index in [0.29, 0.717) is 18.8 Å². The summed E-state index contributed by atoms with van der Waals surface area (Å²) in [5.74, 6) is 0. The molecule has 1 unspecified atom stereocenters. The molecule has 6 heteroatoms. The Bertz CT molecular complexity index is 431. The molecule has 0 aliphatic carbocycles. The first-order valence-corrected chi connectivity index (χ1v) is 5.98. The zero-order chi connectivity index (χ0) is 13.0. The molecule has 0 amide bonds. The number of nitro groups is 1. The normalized spacial score (nSPS) is 19.5. The van der Waals surface area contributed by atoms with Gasteiger partial charge in [-0.25, -0.2) is 0 Å². The lowest BCUT2D eigenvalue weighted by Crippen LogP contribution is -2.42. The molecule has 2 N–H and O–H groups in total. The van der Waals surface area contributed by atoms with Crippen LogP contribution in [0.2, 0.25) is 0 Å². The number of aryl methyl sites for hydroxylation is 1.